The second-order valence-electron chi connectivity index (χ2n) is 3.70. The number of likely N-dealkylation sites (N-methyl/N-ethyl adjacent to an activating group) is 1. The Morgan fingerprint density at radius 2 is 2.00 bits per heavy atom. The molecule has 0 aliphatic rings. The molecule has 0 aliphatic heterocycles. The third-order valence-electron chi connectivity index (χ3n) is 2.30. The summed E-state index contributed by atoms with van der Waals surface area (Å²) in [6.45, 7) is 9.90. The van der Waals surface area contributed by atoms with Crippen molar-refractivity contribution in [1.82, 2.24) is 5.01 Å². The molecule has 0 aromatic heterocycles. The highest BCUT2D eigenvalue weighted by Crippen LogP contribution is 2.28. The molecule has 0 unspecified atom stereocenters. The lowest BCUT2D eigenvalue weighted by Gasteiger charge is -2.35. The minimum Gasteiger partial charge on any atom is -0.399 e. The van der Waals surface area contributed by atoms with Crippen LogP contribution in [0.1, 0.15) is 13.8 Å². The fraction of sp³-hybridized carbons (Fsp3) is 0.500. The molecular formula is C10H17F2N3. The Morgan fingerprint density at radius 3 is 2.27 bits per heavy atom. The van der Waals surface area contributed by atoms with Crippen LogP contribution in [0.2, 0.25) is 0 Å². The lowest BCUT2D eigenvalue weighted by molar-refractivity contribution is 0.120. The highest BCUT2D eigenvalue weighted by molar-refractivity contribution is 5.29. The van der Waals surface area contributed by atoms with Crippen molar-refractivity contribution in [2.24, 2.45) is 10.8 Å². The summed E-state index contributed by atoms with van der Waals surface area (Å²) < 4.78 is 25.6. The number of halogens is 2. The molecule has 0 saturated carbocycles. The maximum Gasteiger partial charge on any atom is 0.262 e. The standard InChI is InChI=1S/C10H17F2N3/c1-7(13)6-8(9(11)12)10(2,3)15(5)14-4/h6,9H,1,4,13H2,2-3,5H3/b8-6-. The zero-order chi connectivity index (χ0) is 12.2. The van der Waals surface area contributed by atoms with E-state index in [9.17, 15) is 8.78 Å². The van der Waals surface area contributed by atoms with Gasteiger partial charge in [-0.05, 0) is 19.9 Å². The van der Waals surface area contributed by atoms with E-state index in [2.05, 4.69) is 18.4 Å². The van der Waals surface area contributed by atoms with Crippen molar-refractivity contribution in [3.05, 3.63) is 23.9 Å². The van der Waals surface area contributed by atoms with Crippen LogP contribution in [0.15, 0.2) is 29.0 Å². The van der Waals surface area contributed by atoms with Gasteiger partial charge < -0.3 is 5.73 Å². The molecule has 0 saturated heterocycles. The molecule has 2 N–H and O–H groups in total. The van der Waals surface area contributed by atoms with Crippen LogP contribution in [0.3, 0.4) is 0 Å². The Kier molecular flexibility index (Phi) is 4.45. The van der Waals surface area contributed by atoms with Crippen LogP contribution >= 0.6 is 0 Å². The van der Waals surface area contributed by atoms with Crippen molar-refractivity contribution in [3.8, 4) is 0 Å². The minimum absolute atomic E-state index is 0.0934. The quantitative estimate of drug-likeness (QED) is 0.434. The van der Waals surface area contributed by atoms with E-state index in [1.165, 1.54) is 11.1 Å². The summed E-state index contributed by atoms with van der Waals surface area (Å²) in [7, 11) is 1.57. The Balaban J connectivity index is 5.25. The molecule has 0 amide bonds. The van der Waals surface area contributed by atoms with E-state index < -0.39 is 12.0 Å². The zero-order valence-electron chi connectivity index (χ0n) is 9.30. The third-order valence-corrected chi connectivity index (χ3v) is 2.30. The van der Waals surface area contributed by atoms with Crippen LogP contribution in [0.4, 0.5) is 8.78 Å². The lowest BCUT2D eigenvalue weighted by atomic mass is 9.93. The number of hydrogen-bond acceptors (Lipinski definition) is 3. The normalized spacial score (nSPS) is 12.8. The van der Waals surface area contributed by atoms with Gasteiger partial charge in [-0.3, -0.25) is 5.01 Å². The molecule has 15 heavy (non-hydrogen) atoms. The summed E-state index contributed by atoms with van der Waals surface area (Å²) in [5, 5.41) is 4.96. The zero-order valence-corrected chi connectivity index (χ0v) is 9.30. The van der Waals surface area contributed by atoms with Crippen LogP contribution in [-0.4, -0.2) is 30.7 Å². The largest absolute Gasteiger partial charge is 0.399 e. The van der Waals surface area contributed by atoms with Gasteiger partial charge in [-0.2, -0.15) is 5.10 Å². The first kappa shape index (κ1) is 13.6. The molecule has 0 fully saturated rings. The molecule has 0 aliphatic carbocycles. The average Bonchev–Trinajstić information content (AvgIpc) is 2.11. The van der Waals surface area contributed by atoms with Gasteiger partial charge in [0.05, 0.1) is 5.54 Å². The van der Waals surface area contributed by atoms with E-state index in [1.807, 2.05) is 0 Å². The highest BCUT2D eigenvalue weighted by Gasteiger charge is 2.33. The van der Waals surface area contributed by atoms with Crippen molar-refractivity contribution in [3.63, 3.8) is 0 Å². The van der Waals surface area contributed by atoms with Crippen LogP contribution < -0.4 is 5.73 Å². The van der Waals surface area contributed by atoms with E-state index in [-0.39, 0.29) is 11.3 Å². The number of rotatable bonds is 5. The second-order valence-corrected chi connectivity index (χ2v) is 3.70. The first-order valence-electron chi connectivity index (χ1n) is 4.38. The highest BCUT2D eigenvalue weighted by atomic mass is 19.3. The molecule has 0 rings (SSSR count). The molecule has 0 heterocycles. The number of allylic oxidation sites excluding steroid dienone is 1. The monoisotopic (exact) mass is 217 g/mol. The average molecular weight is 217 g/mol. The summed E-state index contributed by atoms with van der Waals surface area (Å²) >= 11 is 0. The summed E-state index contributed by atoms with van der Waals surface area (Å²) in [6, 6.07) is 0. The summed E-state index contributed by atoms with van der Waals surface area (Å²) in [5.41, 5.74) is 4.31. The Morgan fingerprint density at radius 1 is 1.53 bits per heavy atom. The van der Waals surface area contributed by atoms with E-state index in [4.69, 9.17) is 5.73 Å². The first-order chi connectivity index (χ1) is 6.73. The van der Waals surface area contributed by atoms with Crippen molar-refractivity contribution in [2.75, 3.05) is 7.05 Å². The fourth-order valence-corrected chi connectivity index (χ4v) is 1.07. The van der Waals surface area contributed by atoms with E-state index in [1.54, 1.807) is 20.9 Å². The summed E-state index contributed by atoms with van der Waals surface area (Å²) in [4.78, 5) is 0. The molecule has 0 radical (unpaired) electrons. The van der Waals surface area contributed by atoms with E-state index in [0.717, 1.165) is 0 Å². The maximum absolute atomic E-state index is 12.8. The molecule has 0 aromatic rings. The van der Waals surface area contributed by atoms with Crippen molar-refractivity contribution in [2.45, 2.75) is 25.8 Å². The second kappa shape index (κ2) is 4.91. The predicted molar refractivity (Wildman–Crippen MR) is 58.8 cm³/mol. The van der Waals surface area contributed by atoms with Crippen LogP contribution in [-0.2, 0) is 0 Å². The summed E-state index contributed by atoms with van der Waals surface area (Å²) in [5.74, 6) is 0. The SMILES string of the molecule is C=NN(C)C(C)(C)/C(=C\C(=C)N)C(F)F. The number of nitrogens with zero attached hydrogens (tertiary/aromatic N) is 2. The van der Waals surface area contributed by atoms with Gasteiger partial charge in [-0.1, -0.05) is 6.58 Å². The smallest absolute Gasteiger partial charge is 0.262 e. The topological polar surface area (TPSA) is 41.6 Å². The van der Waals surface area contributed by atoms with Gasteiger partial charge in [0, 0.05) is 25.0 Å². The number of alkyl halides is 2. The molecule has 0 atom stereocenters. The van der Waals surface area contributed by atoms with Gasteiger partial charge >= 0.3 is 0 Å². The van der Waals surface area contributed by atoms with Gasteiger partial charge in [0.1, 0.15) is 0 Å². The van der Waals surface area contributed by atoms with Crippen molar-refractivity contribution in [1.29, 1.82) is 0 Å². The third kappa shape index (κ3) is 3.34. The van der Waals surface area contributed by atoms with Gasteiger partial charge in [0.15, 0.2) is 0 Å². The van der Waals surface area contributed by atoms with E-state index in [0.29, 0.717) is 0 Å². The Hall–Kier alpha value is -1.39. The van der Waals surface area contributed by atoms with Crippen LogP contribution in [0.5, 0.6) is 0 Å². The van der Waals surface area contributed by atoms with Gasteiger partial charge in [0.25, 0.3) is 6.43 Å². The molecule has 0 aromatic carbocycles. The molecule has 5 heteroatoms. The first-order valence-corrected chi connectivity index (χ1v) is 4.38. The lowest BCUT2D eigenvalue weighted by Crippen LogP contribution is -2.41. The van der Waals surface area contributed by atoms with Crippen LogP contribution in [0, 0.1) is 0 Å². The van der Waals surface area contributed by atoms with Gasteiger partial charge in [0.2, 0.25) is 0 Å². The van der Waals surface area contributed by atoms with E-state index >= 15 is 0 Å². The molecule has 0 bridgehead atoms. The molecule has 86 valence electrons. The Labute approximate surface area is 88.9 Å². The minimum atomic E-state index is -2.61. The van der Waals surface area contributed by atoms with Gasteiger partial charge in [-0.15, -0.1) is 0 Å². The molecule has 3 nitrogen and oxygen atoms in total. The molecular weight excluding hydrogens is 200 g/mol. The number of hydrogen-bond donors (Lipinski definition) is 1. The number of hydrazone groups is 1. The van der Waals surface area contributed by atoms with Crippen molar-refractivity contribution < 1.29 is 8.78 Å². The Bertz CT molecular complexity index is 282. The number of nitrogens with two attached hydrogens (primary N) is 1. The maximum atomic E-state index is 12.8. The fourth-order valence-electron chi connectivity index (χ4n) is 1.07. The van der Waals surface area contributed by atoms with Gasteiger partial charge in [-0.25, -0.2) is 8.78 Å². The van der Waals surface area contributed by atoms with Crippen molar-refractivity contribution >= 4 is 6.72 Å². The summed E-state index contributed by atoms with van der Waals surface area (Å²) in [6.07, 6.45) is -1.43. The molecule has 0 spiro atoms. The van der Waals surface area contributed by atoms with Crippen LogP contribution in [0.25, 0.3) is 0 Å². The predicted octanol–water partition coefficient (Wildman–Crippen LogP) is 1.98.